The first-order valence-electron chi connectivity index (χ1n) is 9.00. The molecular formula is C24H16Cl2N2. The van der Waals surface area contributed by atoms with E-state index >= 15 is 0 Å². The molecule has 136 valence electrons. The van der Waals surface area contributed by atoms with Crippen LogP contribution >= 0.6 is 23.2 Å². The largest absolute Gasteiger partial charge is 0.275 e. The number of hydrogen-bond acceptors (Lipinski definition) is 1. The van der Waals surface area contributed by atoms with Gasteiger partial charge in [0.05, 0.1) is 5.52 Å². The van der Waals surface area contributed by atoms with Gasteiger partial charge in [-0.3, -0.25) is 4.68 Å². The number of hydrogen-bond donors (Lipinski definition) is 0. The molecular weight excluding hydrogens is 387 g/mol. The number of aromatic nitrogens is 2. The average Bonchev–Trinajstić information content (AvgIpc) is 3.07. The Bertz CT molecular complexity index is 1330. The molecule has 0 aliphatic rings. The van der Waals surface area contributed by atoms with E-state index in [1.807, 2.05) is 54.3 Å². The number of nitrogens with zero attached hydrogens (tertiary/aromatic N) is 2. The highest BCUT2D eigenvalue weighted by Crippen LogP contribution is 2.36. The molecule has 28 heavy (non-hydrogen) atoms. The van der Waals surface area contributed by atoms with E-state index in [0.29, 0.717) is 0 Å². The molecule has 0 aliphatic carbocycles. The smallest absolute Gasteiger partial charge is 0.0923 e. The van der Waals surface area contributed by atoms with Gasteiger partial charge in [-0.2, -0.15) is 5.10 Å². The van der Waals surface area contributed by atoms with Gasteiger partial charge in [0.2, 0.25) is 0 Å². The number of benzene rings is 4. The van der Waals surface area contributed by atoms with Gasteiger partial charge in [0.15, 0.2) is 0 Å². The van der Waals surface area contributed by atoms with Crippen LogP contribution in [0.1, 0.15) is 0 Å². The highest BCUT2D eigenvalue weighted by Gasteiger charge is 2.10. The lowest BCUT2D eigenvalue weighted by Crippen LogP contribution is -1.86. The van der Waals surface area contributed by atoms with Crippen molar-refractivity contribution in [2.45, 2.75) is 0 Å². The second-order valence-corrected chi connectivity index (χ2v) is 7.85. The van der Waals surface area contributed by atoms with Crippen LogP contribution in [0, 0.1) is 0 Å². The molecule has 0 atom stereocenters. The summed E-state index contributed by atoms with van der Waals surface area (Å²) in [5.41, 5.74) is 5.56. The standard InChI is InChI=1S/C24H16Cl2N2/c1-28-14-19-10-16(5-9-24(19)27-28)18-11-17-4-8-21(26)13-23(17)22(12-18)15-2-6-20(25)7-3-15/h2-14H,1H3. The molecule has 1 heterocycles. The van der Waals surface area contributed by atoms with Crippen LogP contribution < -0.4 is 0 Å². The van der Waals surface area contributed by atoms with Crippen molar-refractivity contribution >= 4 is 44.9 Å². The van der Waals surface area contributed by atoms with E-state index in [1.54, 1.807) is 0 Å². The summed E-state index contributed by atoms with van der Waals surface area (Å²) in [5, 5.41) is 9.33. The van der Waals surface area contributed by atoms with Crippen LogP contribution in [-0.2, 0) is 7.05 Å². The van der Waals surface area contributed by atoms with Crippen LogP contribution in [0.3, 0.4) is 0 Å². The van der Waals surface area contributed by atoms with E-state index in [1.165, 1.54) is 0 Å². The third kappa shape index (κ3) is 3.05. The third-order valence-corrected chi connectivity index (χ3v) is 5.51. The zero-order chi connectivity index (χ0) is 19.3. The van der Waals surface area contributed by atoms with Crippen molar-refractivity contribution in [2.24, 2.45) is 7.05 Å². The summed E-state index contributed by atoms with van der Waals surface area (Å²) >= 11 is 12.4. The van der Waals surface area contributed by atoms with Crippen molar-refractivity contribution in [1.29, 1.82) is 0 Å². The van der Waals surface area contributed by atoms with Crippen LogP contribution in [0.25, 0.3) is 43.9 Å². The Labute approximate surface area is 172 Å². The van der Waals surface area contributed by atoms with Crippen molar-refractivity contribution in [1.82, 2.24) is 9.78 Å². The molecule has 4 heteroatoms. The number of halogens is 2. The Morgan fingerprint density at radius 3 is 2.21 bits per heavy atom. The first kappa shape index (κ1) is 17.3. The van der Waals surface area contributed by atoms with E-state index in [0.717, 1.165) is 54.0 Å². The van der Waals surface area contributed by atoms with Crippen molar-refractivity contribution < 1.29 is 0 Å². The van der Waals surface area contributed by atoms with Gasteiger partial charge < -0.3 is 0 Å². The van der Waals surface area contributed by atoms with Crippen molar-refractivity contribution in [3.8, 4) is 22.3 Å². The fourth-order valence-corrected chi connectivity index (χ4v) is 3.99. The quantitative estimate of drug-likeness (QED) is 0.301. The van der Waals surface area contributed by atoms with Crippen molar-refractivity contribution in [2.75, 3.05) is 0 Å². The third-order valence-electron chi connectivity index (χ3n) is 5.02. The highest BCUT2D eigenvalue weighted by molar-refractivity contribution is 6.31. The molecule has 5 rings (SSSR count). The van der Waals surface area contributed by atoms with E-state index in [2.05, 4.69) is 41.5 Å². The van der Waals surface area contributed by atoms with Crippen molar-refractivity contribution in [3.05, 3.63) is 89.0 Å². The summed E-state index contributed by atoms with van der Waals surface area (Å²) in [4.78, 5) is 0. The topological polar surface area (TPSA) is 17.8 Å². The summed E-state index contributed by atoms with van der Waals surface area (Å²) in [6, 6.07) is 24.8. The molecule has 0 aliphatic heterocycles. The lowest BCUT2D eigenvalue weighted by atomic mass is 9.93. The van der Waals surface area contributed by atoms with E-state index in [4.69, 9.17) is 23.2 Å². The molecule has 0 saturated carbocycles. The Morgan fingerprint density at radius 2 is 1.39 bits per heavy atom. The van der Waals surface area contributed by atoms with Crippen LogP contribution in [-0.4, -0.2) is 9.78 Å². The molecule has 0 fully saturated rings. The minimum absolute atomic E-state index is 0.726. The van der Waals surface area contributed by atoms with Gasteiger partial charge in [0.25, 0.3) is 0 Å². The van der Waals surface area contributed by atoms with Gasteiger partial charge in [0.1, 0.15) is 0 Å². The molecule has 0 radical (unpaired) electrons. The molecule has 4 aromatic carbocycles. The number of rotatable bonds is 2. The molecule has 0 bridgehead atoms. The maximum atomic E-state index is 6.30. The lowest BCUT2D eigenvalue weighted by molar-refractivity contribution is 0.780. The monoisotopic (exact) mass is 402 g/mol. The van der Waals surface area contributed by atoms with Gasteiger partial charge in [0, 0.05) is 28.7 Å². The predicted molar refractivity (Wildman–Crippen MR) is 119 cm³/mol. The Balaban J connectivity index is 1.77. The van der Waals surface area contributed by atoms with E-state index in [-0.39, 0.29) is 0 Å². The molecule has 0 spiro atoms. The van der Waals surface area contributed by atoms with Gasteiger partial charge in [-0.15, -0.1) is 0 Å². The first-order chi connectivity index (χ1) is 13.6. The minimum atomic E-state index is 0.726. The van der Waals surface area contributed by atoms with Gasteiger partial charge in [-0.05, 0) is 81.6 Å². The summed E-state index contributed by atoms with van der Waals surface area (Å²) in [6.07, 6.45) is 2.04. The van der Waals surface area contributed by atoms with Crippen LogP contribution in [0.5, 0.6) is 0 Å². The number of fused-ring (bicyclic) bond motifs is 2. The van der Waals surface area contributed by atoms with E-state index in [9.17, 15) is 0 Å². The highest BCUT2D eigenvalue weighted by atomic mass is 35.5. The first-order valence-corrected chi connectivity index (χ1v) is 9.75. The molecule has 2 nitrogen and oxygen atoms in total. The summed E-state index contributed by atoms with van der Waals surface area (Å²) < 4.78 is 1.84. The average molecular weight is 403 g/mol. The molecule has 0 N–H and O–H groups in total. The zero-order valence-corrected chi connectivity index (χ0v) is 16.7. The maximum Gasteiger partial charge on any atom is 0.0923 e. The fraction of sp³-hybridized carbons (Fsp3) is 0.0417. The summed E-state index contributed by atoms with van der Waals surface area (Å²) in [5.74, 6) is 0. The normalized spacial score (nSPS) is 11.4. The lowest BCUT2D eigenvalue weighted by Gasteiger charge is -2.12. The molecule has 0 unspecified atom stereocenters. The fourth-order valence-electron chi connectivity index (χ4n) is 3.69. The SMILES string of the molecule is Cn1cc2cc(-c3cc(-c4ccc(Cl)cc4)c4cc(Cl)ccc4c3)ccc2n1. The van der Waals surface area contributed by atoms with Gasteiger partial charge >= 0.3 is 0 Å². The Hall–Kier alpha value is -2.81. The second kappa shape index (κ2) is 6.66. The minimum Gasteiger partial charge on any atom is -0.275 e. The molecule has 0 saturated heterocycles. The maximum absolute atomic E-state index is 6.30. The second-order valence-electron chi connectivity index (χ2n) is 6.97. The van der Waals surface area contributed by atoms with Crippen molar-refractivity contribution in [3.63, 3.8) is 0 Å². The van der Waals surface area contributed by atoms with Gasteiger partial charge in [-0.1, -0.05) is 47.5 Å². The Kier molecular flexibility index (Phi) is 4.12. The number of aryl methyl sites for hydroxylation is 1. The molecule has 5 aromatic rings. The summed E-state index contributed by atoms with van der Waals surface area (Å²) in [7, 11) is 1.94. The molecule has 0 amide bonds. The molecule has 1 aromatic heterocycles. The summed E-state index contributed by atoms with van der Waals surface area (Å²) in [6.45, 7) is 0. The van der Waals surface area contributed by atoms with Crippen LogP contribution in [0.15, 0.2) is 79.0 Å². The Morgan fingerprint density at radius 1 is 0.679 bits per heavy atom. The van der Waals surface area contributed by atoms with E-state index < -0.39 is 0 Å². The zero-order valence-electron chi connectivity index (χ0n) is 15.2. The predicted octanol–water partition coefficient (Wildman–Crippen LogP) is 7.37. The van der Waals surface area contributed by atoms with Crippen LogP contribution in [0.2, 0.25) is 10.0 Å². The van der Waals surface area contributed by atoms with Gasteiger partial charge in [-0.25, -0.2) is 0 Å². The van der Waals surface area contributed by atoms with Crippen LogP contribution in [0.4, 0.5) is 0 Å².